The van der Waals surface area contributed by atoms with Gasteiger partial charge < -0.3 is 0 Å². The molecule has 0 saturated heterocycles. The second-order valence-electron chi connectivity index (χ2n) is 8.14. The zero-order valence-electron chi connectivity index (χ0n) is 14.0. The first-order valence-electron chi connectivity index (χ1n) is 8.89. The molecule has 2 amide bonds. The maximum absolute atomic E-state index is 12.4. The van der Waals surface area contributed by atoms with Gasteiger partial charge in [-0.1, -0.05) is 0 Å². The van der Waals surface area contributed by atoms with Crippen molar-refractivity contribution >= 4 is 11.8 Å². The van der Waals surface area contributed by atoms with E-state index in [0.29, 0.717) is 6.42 Å². The number of aryl methyl sites for hydroxylation is 1. The molecule has 4 aliphatic carbocycles. The molecule has 4 saturated carbocycles. The van der Waals surface area contributed by atoms with Gasteiger partial charge in [-0.05, 0) is 68.6 Å². The van der Waals surface area contributed by atoms with Gasteiger partial charge in [-0.25, -0.2) is 4.98 Å². The summed E-state index contributed by atoms with van der Waals surface area (Å²) in [5.74, 6) is 1.94. The second kappa shape index (κ2) is 5.83. The van der Waals surface area contributed by atoms with Crippen LogP contribution in [-0.2, 0) is 4.79 Å². The Labute approximate surface area is 141 Å². The Balaban J connectivity index is 1.32. The van der Waals surface area contributed by atoms with Gasteiger partial charge >= 0.3 is 0 Å². The van der Waals surface area contributed by atoms with E-state index in [4.69, 9.17) is 0 Å². The van der Waals surface area contributed by atoms with Crippen LogP contribution in [0.5, 0.6) is 0 Å². The van der Waals surface area contributed by atoms with Crippen molar-refractivity contribution in [1.29, 1.82) is 0 Å². The molecule has 0 aromatic carbocycles. The fourth-order valence-electron chi connectivity index (χ4n) is 5.59. The van der Waals surface area contributed by atoms with E-state index in [1.807, 2.05) is 6.92 Å². The summed E-state index contributed by atoms with van der Waals surface area (Å²) < 4.78 is 0. The van der Waals surface area contributed by atoms with Crippen molar-refractivity contribution in [3.05, 3.63) is 23.8 Å². The third kappa shape index (κ3) is 3.01. The van der Waals surface area contributed by atoms with Crippen LogP contribution in [0.2, 0.25) is 0 Å². The van der Waals surface area contributed by atoms with Crippen LogP contribution in [0.25, 0.3) is 0 Å². The molecule has 5 rings (SSSR count). The summed E-state index contributed by atoms with van der Waals surface area (Å²) in [5, 5.41) is 0. The monoisotopic (exact) mass is 328 g/mol. The number of nitrogens with one attached hydrogen (secondary N) is 2. The second-order valence-corrected chi connectivity index (χ2v) is 8.14. The van der Waals surface area contributed by atoms with Gasteiger partial charge in [0.25, 0.3) is 5.91 Å². The number of carbonyl (C=O) groups is 2. The Morgan fingerprint density at radius 2 is 1.67 bits per heavy atom. The van der Waals surface area contributed by atoms with Crippen molar-refractivity contribution in [2.45, 2.75) is 51.9 Å². The van der Waals surface area contributed by atoms with Gasteiger partial charge in [-0.15, -0.1) is 0 Å². The lowest BCUT2D eigenvalue weighted by atomic mass is 9.49. The van der Waals surface area contributed by atoms with E-state index in [0.717, 1.165) is 23.4 Å². The fourth-order valence-corrected chi connectivity index (χ4v) is 5.59. The van der Waals surface area contributed by atoms with E-state index >= 15 is 0 Å². The van der Waals surface area contributed by atoms with Gasteiger partial charge in [-0.2, -0.15) is 0 Å². The molecule has 1 heterocycles. The Kier molecular flexibility index (Phi) is 3.77. The summed E-state index contributed by atoms with van der Waals surface area (Å²) in [6, 6.07) is 0. The molecular weight excluding hydrogens is 304 g/mol. The van der Waals surface area contributed by atoms with E-state index in [1.165, 1.54) is 50.9 Å². The van der Waals surface area contributed by atoms with Crippen molar-refractivity contribution in [1.82, 2.24) is 20.8 Å². The lowest BCUT2D eigenvalue weighted by Gasteiger charge is -2.56. The van der Waals surface area contributed by atoms with Gasteiger partial charge in [0.15, 0.2) is 0 Å². The first-order valence-corrected chi connectivity index (χ1v) is 8.89. The number of carbonyl (C=O) groups excluding carboxylic acids is 2. The Morgan fingerprint density at radius 1 is 1.04 bits per heavy atom. The highest BCUT2D eigenvalue weighted by atomic mass is 16.2. The SMILES string of the molecule is Cc1cnc(C(=O)NNC(=O)CC23CC4CC(CC(C4)C2)C3)cn1. The van der Waals surface area contributed by atoms with Crippen molar-refractivity contribution in [3.63, 3.8) is 0 Å². The minimum absolute atomic E-state index is 0.0922. The molecule has 2 N–H and O–H groups in total. The molecule has 0 unspecified atom stereocenters. The van der Waals surface area contributed by atoms with E-state index in [2.05, 4.69) is 20.8 Å². The Bertz CT molecular complexity index is 620. The maximum Gasteiger partial charge on any atom is 0.289 e. The third-order valence-corrected chi connectivity index (χ3v) is 6.03. The first kappa shape index (κ1) is 15.5. The predicted octanol–water partition coefficient (Wildman–Crippen LogP) is 2.15. The van der Waals surface area contributed by atoms with Crippen LogP contribution in [0.3, 0.4) is 0 Å². The maximum atomic E-state index is 12.4. The molecule has 4 fully saturated rings. The van der Waals surface area contributed by atoms with Gasteiger partial charge in [0.05, 0.1) is 11.9 Å². The van der Waals surface area contributed by atoms with Crippen molar-refractivity contribution in [2.75, 3.05) is 0 Å². The summed E-state index contributed by atoms with van der Waals surface area (Å²) in [6.45, 7) is 1.81. The van der Waals surface area contributed by atoms with Crippen molar-refractivity contribution in [2.24, 2.45) is 23.2 Å². The molecule has 6 nitrogen and oxygen atoms in total. The molecule has 1 aromatic heterocycles. The molecule has 0 spiro atoms. The number of hydrogen-bond donors (Lipinski definition) is 2. The van der Waals surface area contributed by atoms with Crippen LogP contribution in [0, 0.1) is 30.1 Å². The van der Waals surface area contributed by atoms with Crippen molar-refractivity contribution in [3.8, 4) is 0 Å². The largest absolute Gasteiger partial charge is 0.289 e. The minimum atomic E-state index is -0.429. The van der Waals surface area contributed by atoms with Gasteiger partial charge in [0.2, 0.25) is 5.91 Å². The van der Waals surface area contributed by atoms with Gasteiger partial charge in [0.1, 0.15) is 5.69 Å². The number of aromatic nitrogens is 2. The lowest BCUT2D eigenvalue weighted by molar-refractivity contribution is -0.130. The topological polar surface area (TPSA) is 84.0 Å². The first-order chi connectivity index (χ1) is 11.5. The number of hydrazine groups is 1. The predicted molar refractivity (Wildman–Crippen MR) is 87.6 cm³/mol. The van der Waals surface area contributed by atoms with Crippen LogP contribution in [0.15, 0.2) is 12.4 Å². The van der Waals surface area contributed by atoms with E-state index in [1.54, 1.807) is 0 Å². The summed E-state index contributed by atoms with van der Waals surface area (Å²) in [7, 11) is 0. The van der Waals surface area contributed by atoms with Crippen LogP contribution < -0.4 is 10.9 Å². The minimum Gasteiger partial charge on any atom is -0.273 e. The molecule has 24 heavy (non-hydrogen) atoms. The normalized spacial score (nSPS) is 33.3. The number of nitrogens with zero attached hydrogens (tertiary/aromatic N) is 2. The molecule has 0 aliphatic heterocycles. The molecule has 1 aromatic rings. The molecule has 6 heteroatoms. The van der Waals surface area contributed by atoms with Gasteiger partial charge in [-0.3, -0.25) is 25.4 Å². The summed E-state index contributed by atoms with van der Waals surface area (Å²) in [5.41, 5.74) is 6.15. The van der Waals surface area contributed by atoms with Gasteiger partial charge in [0, 0.05) is 12.6 Å². The lowest BCUT2D eigenvalue weighted by Crippen LogP contribution is -2.50. The quantitative estimate of drug-likeness (QED) is 0.833. The fraction of sp³-hybridized carbons (Fsp3) is 0.667. The molecule has 128 valence electrons. The third-order valence-electron chi connectivity index (χ3n) is 6.03. The number of hydrogen-bond acceptors (Lipinski definition) is 4. The average Bonchev–Trinajstić information content (AvgIpc) is 2.51. The van der Waals surface area contributed by atoms with Crippen molar-refractivity contribution < 1.29 is 9.59 Å². The average molecular weight is 328 g/mol. The molecule has 0 atom stereocenters. The molecule has 4 bridgehead atoms. The highest BCUT2D eigenvalue weighted by Crippen LogP contribution is 2.61. The van der Waals surface area contributed by atoms with Crippen LogP contribution in [-0.4, -0.2) is 21.8 Å². The summed E-state index contributed by atoms with van der Waals surface area (Å²) in [6.07, 6.45) is 11.1. The summed E-state index contributed by atoms with van der Waals surface area (Å²) in [4.78, 5) is 32.4. The molecule has 4 aliphatic rings. The summed E-state index contributed by atoms with van der Waals surface area (Å²) >= 11 is 0. The highest BCUT2D eigenvalue weighted by molar-refractivity contribution is 5.93. The van der Waals surface area contributed by atoms with Crippen LogP contribution in [0.4, 0.5) is 0 Å². The standard InChI is InChI=1S/C18H24N4O2/c1-11-9-20-15(10-19-11)17(24)22-21-16(23)8-18-5-12-2-13(6-18)4-14(3-12)7-18/h9-10,12-14H,2-8H2,1H3,(H,21,23)(H,22,24). The van der Waals surface area contributed by atoms with E-state index in [-0.39, 0.29) is 17.0 Å². The Morgan fingerprint density at radius 3 is 2.21 bits per heavy atom. The van der Waals surface area contributed by atoms with Crippen LogP contribution in [0.1, 0.15) is 61.1 Å². The smallest absolute Gasteiger partial charge is 0.273 e. The van der Waals surface area contributed by atoms with E-state index < -0.39 is 5.91 Å². The molecular formula is C18H24N4O2. The van der Waals surface area contributed by atoms with E-state index in [9.17, 15) is 9.59 Å². The Hall–Kier alpha value is -1.98. The van der Waals surface area contributed by atoms with Crippen LogP contribution >= 0.6 is 0 Å². The number of rotatable bonds is 3. The number of amides is 2. The zero-order chi connectivity index (χ0) is 16.7. The molecule has 0 radical (unpaired) electrons. The highest BCUT2D eigenvalue weighted by Gasteiger charge is 2.51. The zero-order valence-corrected chi connectivity index (χ0v) is 14.0.